The van der Waals surface area contributed by atoms with Crippen molar-refractivity contribution in [1.29, 1.82) is 0 Å². The summed E-state index contributed by atoms with van der Waals surface area (Å²) < 4.78 is 0. The number of rotatable bonds is 4. The Labute approximate surface area is 104 Å². The van der Waals surface area contributed by atoms with E-state index in [1.807, 2.05) is 11.8 Å². The minimum Gasteiger partial charge on any atom is -0.393 e. The van der Waals surface area contributed by atoms with Crippen molar-refractivity contribution in [2.24, 2.45) is 5.92 Å². The Kier molecular flexibility index (Phi) is 4.98. The van der Waals surface area contributed by atoms with Gasteiger partial charge in [0.2, 0.25) is 0 Å². The van der Waals surface area contributed by atoms with Gasteiger partial charge in [-0.05, 0) is 37.9 Å². The van der Waals surface area contributed by atoms with Crippen LogP contribution in [-0.2, 0) is 0 Å². The molecule has 2 saturated carbocycles. The molecule has 4 unspecified atom stereocenters. The van der Waals surface area contributed by atoms with Gasteiger partial charge in [0.15, 0.2) is 0 Å². The molecule has 3 heteroatoms. The van der Waals surface area contributed by atoms with Gasteiger partial charge in [0.25, 0.3) is 0 Å². The second-order valence-electron chi connectivity index (χ2n) is 5.33. The molecule has 0 aromatic heterocycles. The molecule has 0 radical (unpaired) electrons. The van der Waals surface area contributed by atoms with Crippen LogP contribution in [0.25, 0.3) is 0 Å². The van der Waals surface area contributed by atoms with Crippen molar-refractivity contribution in [3.05, 3.63) is 0 Å². The molecule has 0 aromatic carbocycles. The largest absolute Gasteiger partial charge is 0.393 e. The lowest BCUT2D eigenvalue weighted by Crippen LogP contribution is -2.43. The Bertz CT molecular complexity index is 212. The minimum absolute atomic E-state index is 0.0381. The number of hydrogen-bond acceptors (Lipinski definition) is 3. The first-order valence-electron chi connectivity index (χ1n) is 6.75. The van der Waals surface area contributed by atoms with E-state index >= 15 is 0 Å². The molecule has 4 atom stereocenters. The van der Waals surface area contributed by atoms with Crippen LogP contribution in [0.5, 0.6) is 0 Å². The molecular formula is C13H25NOS. The highest BCUT2D eigenvalue weighted by molar-refractivity contribution is 7.99. The smallest absolute Gasteiger partial charge is 0.0580 e. The zero-order chi connectivity index (χ0) is 11.4. The van der Waals surface area contributed by atoms with E-state index in [-0.39, 0.29) is 6.10 Å². The molecular weight excluding hydrogens is 218 g/mol. The van der Waals surface area contributed by atoms with Crippen molar-refractivity contribution in [2.75, 3.05) is 12.8 Å². The van der Waals surface area contributed by atoms with Gasteiger partial charge in [-0.3, -0.25) is 0 Å². The third-order valence-electron chi connectivity index (χ3n) is 4.27. The van der Waals surface area contributed by atoms with Crippen LogP contribution in [0, 0.1) is 5.92 Å². The summed E-state index contributed by atoms with van der Waals surface area (Å²) in [5.41, 5.74) is 0. The van der Waals surface area contributed by atoms with Gasteiger partial charge in [-0.1, -0.05) is 19.3 Å². The maximum absolute atomic E-state index is 9.80. The lowest BCUT2D eigenvalue weighted by molar-refractivity contribution is 0.128. The van der Waals surface area contributed by atoms with E-state index in [9.17, 15) is 5.11 Å². The molecule has 2 fully saturated rings. The molecule has 0 heterocycles. The monoisotopic (exact) mass is 243 g/mol. The third-order valence-corrected chi connectivity index (χ3v) is 5.44. The molecule has 2 aliphatic rings. The molecule has 2 nitrogen and oxygen atoms in total. The van der Waals surface area contributed by atoms with Crippen LogP contribution in [0.3, 0.4) is 0 Å². The summed E-state index contributed by atoms with van der Waals surface area (Å²) in [4.78, 5) is 0. The number of aliphatic hydroxyl groups is 1. The summed E-state index contributed by atoms with van der Waals surface area (Å²) in [6.07, 6.45) is 11.1. The van der Waals surface area contributed by atoms with Crippen LogP contribution in [0.1, 0.15) is 44.9 Å². The normalized spacial score (nSPS) is 40.1. The van der Waals surface area contributed by atoms with Crippen LogP contribution in [0.15, 0.2) is 0 Å². The number of nitrogens with one attached hydrogen (secondary N) is 1. The number of thioether (sulfide) groups is 1. The fraction of sp³-hybridized carbons (Fsp3) is 1.00. The van der Waals surface area contributed by atoms with Crippen molar-refractivity contribution in [1.82, 2.24) is 5.32 Å². The zero-order valence-corrected chi connectivity index (χ0v) is 11.1. The van der Waals surface area contributed by atoms with Crippen LogP contribution in [-0.4, -0.2) is 35.3 Å². The first-order valence-corrected chi connectivity index (χ1v) is 8.04. The standard InChI is InChI=1S/C13H25NOS/c1-16-13-8-3-2-6-11(13)14-9-10-5-4-7-12(10)15/h10-15H,2-9H2,1H3. The molecule has 0 aliphatic heterocycles. The van der Waals surface area contributed by atoms with Crippen LogP contribution in [0.2, 0.25) is 0 Å². The highest BCUT2D eigenvalue weighted by Gasteiger charge is 2.28. The van der Waals surface area contributed by atoms with Gasteiger partial charge >= 0.3 is 0 Å². The van der Waals surface area contributed by atoms with Crippen LogP contribution >= 0.6 is 11.8 Å². The van der Waals surface area contributed by atoms with E-state index in [2.05, 4.69) is 11.6 Å². The van der Waals surface area contributed by atoms with Crippen LogP contribution < -0.4 is 5.32 Å². The Hall–Kier alpha value is 0.270. The Morgan fingerprint density at radius 1 is 1.12 bits per heavy atom. The molecule has 0 aromatic rings. The van der Waals surface area contributed by atoms with E-state index in [4.69, 9.17) is 0 Å². The molecule has 16 heavy (non-hydrogen) atoms. The summed E-state index contributed by atoms with van der Waals surface area (Å²) in [5, 5.41) is 14.3. The predicted octanol–water partition coefficient (Wildman–Crippen LogP) is 2.41. The van der Waals surface area contributed by atoms with E-state index < -0.39 is 0 Å². The van der Waals surface area contributed by atoms with Gasteiger partial charge in [0.1, 0.15) is 0 Å². The second kappa shape index (κ2) is 6.27. The van der Waals surface area contributed by atoms with E-state index in [1.54, 1.807) is 0 Å². The number of hydrogen-bond donors (Lipinski definition) is 2. The van der Waals surface area contributed by atoms with Crippen LogP contribution in [0.4, 0.5) is 0 Å². The van der Waals surface area contributed by atoms with Gasteiger partial charge < -0.3 is 10.4 Å². The second-order valence-corrected chi connectivity index (χ2v) is 6.41. The fourth-order valence-electron chi connectivity index (χ4n) is 3.17. The van der Waals surface area contributed by atoms with Crippen molar-refractivity contribution in [3.8, 4) is 0 Å². The molecule has 0 amide bonds. The molecule has 0 bridgehead atoms. The van der Waals surface area contributed by atoms with Gasteiger partial charge in [0.05, 0.1) is 6.10 Å². The summed E-state index contributed by atoms with van der Waals surface area (Å²) in [6.45, 7) is 1.03. The average Bonchev–Trinajstić information content (AvgIpc) is 2.72. The predicted molar refractivity (Wildman–Crippen MR) is 70.9 cm³/mol. The molecule has 2 N–H and O–H groups in total. The first-order chi connectivity index (χ1) is 7.81. The lowest BCUT2D eigenvalue weighted by atomic mass is 9.94. The van der Waals surface area contributed by atoms with Gasteiger partial charge in [-0.2, -0.15) is 11.8 Å². The van der Waals surface area contributed by atoms with Crippen molar-refractivity contribution in [2.45, 2.75) is 62.3 Å². The quantitative estimate of drug-likeness (QED) is 0.795. The Morgan fingerprint density at radius 2 is 1.94 bits per heavy atom. The maximum Gasteiger partial charge on any atom is 0.0580 e. The minimum atomic E-state index is -0.0381. The summed E-state index contributed by atoms with van der Waals surface area (Å²) >= 11 is 2.01. The summed E-state index contributed by atoms with van der Waals surface area (Å²) in [6, 6.07) is 0.691. The average molecular weight is 243 g/mol. The topological polar surface area (TPSA) is 32.3 Å². The molecule has 2 rings (SSSR count). The SMILES string of the molecule is CSC1CCCCC1NCC1CCCC1O. The summed E-state index contributed by atoms with van der Waals surface area (Å²) in [5.74, 6) is 0.518. The van der Waals surface area contributed by atoms with Crippen molar-refractivity contribution < 1.29 is 5.11 Å². The van der Waals surface area contributed by atoms with E-state index in [1.165, 1.54) is 38.5 Å². The molecule has 94 valence electrons. The van der Waals surface area contributed by atoms with E-state index in [0.717, 1.165) is 18.2 Å². The fourth-order valence-corrected chi connectivity index (χ4v) is 4.13. The van der Waals surface area contributed by atoms with Crippen molar-refractivity contribution >= 4 is 11.8 Å². The Morgan fingerprint density at radius 3 is 2.62 bits per heavy atom. The first kappa shape index (κ1) is 12.7. The molecule has 2 aliphatic carbocycles. The van der Waals surface area contributed by atoms with E-state index in [0.29, 0.717) is 12.0 Å². The van der Waals surface area contributed by atoms with Crippen molar-refractivity contribution in [3.63, 3.8) is 0 Å². The number of aliphatic hydroxyl groups excluding tert-OH is 1. The van der Waals surface area contributed by atoms with Gasteiger partial charge in [-0.15, -0.1) is 0 Å². The maximum atomic E-state index is 9.80. The highest BCUT2D eigenvalue weighted by Crippen LogP contribution is 2.29. The molecule has 0 spiro atoms. The summed E-state index contributed by atoms with van der Waals surface area (Å²) in [7, 11) is 0. The lowest BCUT2D eigenvalue weighted by Gasteiger charge is -2.32. The zero-order valence-electron chi connectivity index (χ0n) is 10.3. The van der Waals surface area contributed by atoms with Gasteiger partial charge in [0, 0.05) is 17.8 Å². The third kappa shape index (κ3) is 3.14. The Balaban J connectivity index is 1.75. The molecule has 0 saturated heterocycles. The highest BCUT2D eigenvalue weighted by atomic mass is 32.2. The van der Waals surface area contributed by atoms with Gasteiger partial charge in [-0.25, -0.2) is 0 Å².